The van der Waals surface area contributed by atoms with Crippen LogP contribution < -0.4 is 4.74 Å². The summed E-state index contributed by atoms with van der Waals surface area (Å²) >= 11 is 0. The molecule has 1 aliphatic rings. The van der Waals surface area contributed by atoms with Crippen molar-refractivity contribution in [3.05, 3.63) is 53.8 Å². The van der Waals surface area contributed by atoms with Gasteiger partial charge in [0.05, 0.1) is 11.0 Å². The van der Waals surface area contributed by atoms with Gasteiger partial charge in [-0.1, -0.05) is 18.2 Å². The standard InChI is InChI=1S/C19H16N2O3/c1-21(2)19(22)24-14-10-15-17(23-11-14)8-7-13-9-12-5-3-4-6-16(12)20-18(13)15/h3-10H,11H2,1-2H3. The van der Waals surface area contributed by atoms with E-state index in [1.165, 1.54) is 4.90 Å². The van der Waals surface area contributed by atoms with Crippen LogP contribution in [0.15, 0.2) is 48.2 Å². The molecule has 120 valence electrons. The maximum Gasteiger partial charge on any atom is 0.414 e. The van der Waals surface area contributed by atoms with Gasteiger partial charge in [0.15, 0.2) is 0 Å². The lowest BCUT2D eigenvalue weighted by molar-refractivity contribution is 0.135. The Morgan fingerprint density at radius 1 is 1.17 bits per heavy atom. The van der Waals surface area contributed by atoms with Crippen molar-refractivity contribution in [2.75, 3.05) is 20.7 Å². The molecule has 5 heteroatoms. The van der Waals surface area contributed by atoms with Crippen molar-refractivity contribution >= 4 is 34.0 Å². The van der Waals surface area contributed by atoms with Gasteiger partial charge in [-0.05, 0) is 30.3 Å². The van der Waals surface area contributed by atoms with Crippen LogP contribution in [-0.2, 0) is 4.74 Å². The van der Waals surface area contributed by atoms with E-state index in [1.54, 1.807) is 14.1 Å². The summed E-state index contributed by atoms with van der Waals surface area (Å²) in [6.07, 6.45) is 1.41. The molecule has 0 radical (unpaired) electrons. The highest BCUT2D eigenvalue weighted by Gasteiger charge is 2.19. The van der Waals surface area contributed by atoms with Gasteiger partial charge < -0.3 is 14.4 Å². The summed E-state index contributed by atoms with van der Waals surface area (Å²) < 4.78 is 11.1. The smallest absolute Gasteiger partial charge is 0.414 e. The van der Waals surface area contributed by atoms with Gasteiger partial charge in [0.2, 0.25) is 0 Å². The maximum absolute atomic E-state index is 11.8. The highest BCUT2D eigenvalue weighted by Crippen LogP contribution is 2.34. The average Bonchev–Trinajstić information content (AvgIpc) is 2.60. The Hall–Kier alpha value is -3.08. The first-order valence-corrected chi connectivity index (χ1v) is 7.67. The van der Waals surface area contributed by atoms with Gasteiger partial charge in [0.25, 0.3) is 0 Å². The molecule has 2 heterocycles. The summed E-state index contributed by atoms with van der Waals surface area (Å²) in [4.78, 5) is 17.9. The monoisotopic (exact) mass is 320 g/mol. The Balaban J connectivity index is 1.86. The predicted molar refractivity (Wildman–Crippen MR) is 92.9 cm³/mol. The minimum absolute atomic E-state index is 0.228. The normalized spacial score (nSPS) is 13.2. The number of carbonyl (C=O) groups excluding carboxylic acids is 1. The van der Waals surface area contributed by atoms with Crippen molar-refractivity contribution in [2.24, 2.45) is 0 Å². The molecular formula is C19H16N2O3. The molecule has 0 fully saturated rings. The van der Waals surface area contributed by atoms with Gasteiger partial charge in [0, 0.05) is 30.4 Å². The van der Waals surface area contributed by atoms with Crippen LogP contribution >= 0.6 is 0 Å². The van der Waals surface area contributed by atoms with Crippen molar-refractivity contribution < 1.29 is 14.3 Å². The number of fused-ring (bicyclic) bond motifs is 4. The summed E-state index contributed by atoms with van der Waals surface area (Å²) in [5, 5.41) is 2.11. The third-order valence-electron chi connectivity index (χ3n) is 3.95. The van der Waals surface area contributed by atoms with Gasteiger partial charge in [-0.2, -0.15) is 0 Å². The van der Waals surface area contributed by atoms with Crippen LogP contribution in [0.2, 0.25) is 0 Å². The third-order valence-corrected chi connectivity index (χ3v) is 3.95. The Morgan fingerprint density at radius 3 is 2.83 bits per heavy atom. The van der Waals surface area contributed by atoms with Crippen molar-refractivity contribution in [2.45, 2.75) is 0 Å². The molecule has 1 aromatic heterocycles. The number of carbonyl (C=O) groups is 1. The molecule has 1 aliphatic heterocycles. The minimum atomic E-state index is -0.424. The van der Waals surface area contributed by atoms with Gasteiger partial charge in [-0.3, -0.25) is 0 Å². The fourth-order valence-corrected chi connectivity index (χ4v) is 2.73. The largest absolute Gasteiger partial charge is 0.485 e. The second-order valence-corrected chi connectivity index (χ2v) is 5.89. The molecule has 5 nitrogen and oxygen atoms in total. The van der Waals surface area contributed by atoms with E-state index >= 15 is 0 Å². The van der Waals surface area contributed by atoms with E-state index < -0.39 is 6.09 Å². The predicted octanol–water partition coefficient (Wildman–Crippen LogP) is 3.82. The van der Waals surface area contributed by atoms with Crippen molar-refractivity contribution in [3.8, 4) is 5.75 Å². The Morgan fingerprint density at radius 2 is 2.00 bits per heavy atom. The fourth-order valence-electron chi connectivity index (χ4n) is 2.73. The van der Waals surface area contributed by atoms with Crippen LogP contribution in [0.1, 0.15) is 5.56 Å². The summed E-state index contributed by atoms with van der Waals surface area (Å²) in [6, 6.07) is 14.0. The summed E-state index contributed by atoms with van der Waals surface area (Å²) in [5.74, 6) is 1.22. The SMILES string of the molecule is CN(C)C(=O)OC1=Cc2c(ccc3cc4ccccc4nc23)OC1. The zero-order valence-electron chi connectivity index (χ0n) is 13.4. The Labute approximate surface area is 139 Å². The minimum Gasteiger partial charge on any atom is -0.485 e. The number of rotatable bonds is 1. The number of pyridine rings is 1. The quantitative estimate of drug-likeness (QED) is 0.640. The number of benzene rings is 2. The number of ether oxygens (including phenoxy) is 2. The van der Waals surface area contributed by atoms with Crippen molar-refractivity contribution in [1.82, 2.24) is 9.88 Å². The highest BCUT2D eigenvalue weighted by molar-refractivity contribution is 5.98. The molecule has 0 atom stereocenters. The van der Waals surface area contributed by atoms with E-state index in [-0.39, 0.29) is 6.61 Å². The summed E-state index contributed by atoms with van der Waals surface area (Å²) in [5.41, 5.74) is 2.60. The topological polar surface area (TPSA) is 51.7 Å². The molecule has 4 rings (SSSR count). The average molecular weight is 320 g/mol. The molecular weight excluding hydrogens is 304 g/mol. The van der Waals surface area contributed by atoms with Crippen LogP contribution in [-0.4, -0.2) is 36.7 Å². The van der Waals surface area contributed by atoms with Gasteiger partial charge >= 0.3 is 6.09 Å². The Kier molecular flexibility index (Phi) is 3.34. The molecule has 24 heavy (non-hydrogen) atoms. The van der Waals surface area contributed by atoms with Crippen LogP contribution in [0.5, 0.6) is 5.75 Å². The van der Waals surface area contributed by atoms with Gasteiger partial charge in [0.1, 0.15) is 18.1 Å². The molecule has 0 bridgehead atoms. The molecule has 0 spiro atoms. The molecule has 3 aromatic rings. The van der Waals surface area contributed by atoms with Crippen LogP contribution in [0.25, 0.3) is 27.9 Å². The van der Waals surface area contributed by atoms with Crippen molar-refractivity contribution in [3.63, 3.8) is 0 Å². The summed E-state index contributed by atoms with van der Waals surface area (Å²) in [7, 11) is 3.28. The van der Waals surface area contributed by atoms with Crippen molar-refractivity contribution in [1.29, 1.82) is 0 Å². The number of hydrogen-bond acceptors (Lipinski definition) is 4. The number of para-hydroxylation sites is 1. The lowest BCUT2D eigenvalue weighted by Gasteiger charge is -2.20. The van der Waals surface area contributed by atoms with Crippen LogP contribution in [0.3, 0.4) is 0 Å². The van der Waals surface area contributed by atoms with E-state index in [4.69, 9.17) is 14.5 Å². The molecule has 2 aromatic carbocycles. The van der Waals surface area contributed by atoms with Gasteiger partial charge in [-0.15, -0.1) is 0 Å². The van der Waals surface area contributed by atoms with Crippen LogP contribution in [0, 0.1) is 0 Å². The first kappa shape index (κ1) is 14.5. The van der Waals surface area contributed by atoms with E-state index in [2.05, 4.69) is 6.07 Å². The first-order valence-electron chi connectivity index (χ1n) is 7.67. The number of nitrogens with zero attached hydrogens (tertiary/aromatic N) is 2. The Bertz CT molecular complexity index is 992. The number of aromatic nitrogens is 1. The molecule has 0 unspecified atom stereocenters. The summed E-state index contributed by atoms with van der Waals surface area (Å²) in [6.45, 7) is 0.228. The molecule has 0 saturated heterocycles. The van der Waals surface area contributed by atoms with E-state index in [9.17, 15) is 4.79 Å². The zero-order valence-corrected chi connectivity index (χ0v) is 13.4. The molecule has 0 saturated carbocycles. The second kappa shape index (κ2) is 5.53. The molecule has 0 N–H and O–H groups in total. The third kappa shape index (κ3) is 2.44. The van der Waals surface area contributed by atoms with Gasteiger partial charge in [-0.25, -0.2) is 9.78 Å². The van der Waals surface area contributed by atoms with E-state index in [1.807, 2.05) is 42.5 Å². The van der Waals surface area contributed by atoms with E-state index in [0.717, 1.165) is 33.1 Å². The second-order valence-electron chi connectivity index (χ2n) is 5.89. The molecule has 0 aliphatic carbocycles. The van der Waals surface area contributed by atoms with Crippen LogP contribution in [0.4, 0.5) is 4.79 Å². The zero-order chi connectivity index (χ0) is 16.7. The maximum atomic E-state index is 11.8. The molecule has 1 amide bonds. The first-order chi connectivity index (χ1) is 11.6. The lowest BCUT2D eigenvalue weighted by Crippen LogP contribution is -2.24. The number of hydrogen-bond donors (Lipinski definition) is 0. The lowest BCUT2D eigenvalue weighted by atomic mass is 10.0. The highest BCUT2D eigenvalue weighted by atomic mass is 16.6. The fraction of sp³-hybridized carbons (Fsp3) is 0.158. The van der Waals surface area contributed by atoms with E-state index in [0.29, 0.717) is 5.76 Å². The number of amides is 1.